The van der Waals surface area contributed by atoms with Gasteiger partial charge in [0.2, 0.25) is 0 Å². The molecule has 0 aromatic rings. The summed E-state index contributed by atoms with van der Waals surface area (Å²) in [5.41, 5.74) is 10.9. The molecule has 5 heteroatoms. The SMILES string of the molecule is CC(C)C1(N)N=C(Br)C=NC1N. The molecule has 4 nitrogen and oxygen atoms in total. The Kier molecular flexibility index (Phi) is 2.65. The van der Waals surface area contributed by atoms with Crippen molar-refractivity contribution in [3.05, 3.63) is 0 Å². The van der Waals surface area contributed by atoms with Crippen LogP contribution in [0.4, 0.5) is 0 Å². The summed E-state index contributed by atoms with van der Waals surface area (Å²) in [4.78, 5) is 8.27. The van der Waals surface area contributed by atoms with E-state index in [0.717, 1.165) is 0 Å². The fraction of sp³-hybridized carbons (Fsp3) is 0.714. The summed E-state index contributed by atoms with van der Waals surface area (Å²) in [5, 5.41) is 0. The van der Waals surface area contributed by atoms with E-state index < -0.39 is 11.8 Å². The molecular formula is C7H13BrN4. The second-order valence-electron chi connectivity index (χ2n) is 3.20. The summed E-state index contributed by atoms with van der Waals surface area (Å²) < 4.78 is 0.653. The number of nitrogens with two attached hydrogens (primary N) is 2. The maximum Gasteiger partial charge on any atom is 0.147 e. The van der Waals surface area contributed by atoms with Crippen LogP contribution >= 0.6 is 15.9 Å². The van der Waals surface area contributed by atoms with Crippen LogP contribution < -0.4 is 11.5 Å². The molecule has 1 aliphatic heterocycles. The molecule has 0 spiro atoms. The minimum atomic E-state index is -0.770. The van der Waals surface area contributed by atoms with Crippen LogP contribution in [0.1, 0.15) is 13.8 Å². The Bertz CT molecular complexity index is 236. The van der Waals surface area contributed by atoms with Crippen LogP contribution in [0.2, 0.25) is 0 Å². The lowest BCUT2D eigenvalue weighted by Gasteiger charge is -2.34. The quantitative estimate of drug-likeness (QED) is 0.690. The molecule has 0 aliphatic carbocycles. The van der Waals surface area contributed by atoms with Crippen LogP contribution in [0.5, 0.6) is 0 Å². The van der Waals surface area contributed by atoms with Gasteiger partial charge in [-0.2, -0.15) is 0 Å². The van der Waals surface area contributed by atoms with E-state index in [2.05, 4.69) is 25.9 Å². The van der Waals surface area contributed by atoms with Crippen molar-refractivity contribution in [1.29, 1.82) is 0 Å². The van der Waals surface area contributed by atoms with E-state index in [1.807, 2.05) is 13.8 Å². The minimum Gasteiger partial charge on any atom is -0.307 e. The van der Waals surface area contributed by atoms with Gasteiger partial charge >= 0.3 is 0 Å². The van der Waals surface area contributed by atoms with Crippen molar-refractivity contribution in [2.45, 2.75) is 25.7 Å². The highest BCUT2D eigenvalue weighted by Crippen LogP contribution is 2.22. The predicted molar refractivity (Wildman–Crippen MR) is 54.6 cm³/mol. The van der Waals surface area contributed by atoms with E-state index >= 15 is 0 Å². The van der Waals surface area contributed by atoms with Gasteiger partial charge in [0.15, 0.2) is 0 Å². The highest BCUT2D eigenvalue weighted by atomic mass is 79.9. The van der Waals surface area contributed by atoms with Gasteiger partial charge in [-0.1, -0.05) is 13.8 Å². The van der Waals surface area contributed by atoms with Crippen molar-refractivity contribution in [3.8, 4) is 0 Å². The second-order valence-corrected chi connectivity index (χ2v) is 4.01. The Balaban J connectivity index is 2.97. The number of hydrogen-bond acceptors (Lipinski definition) is 4. The first-order valence-electron chi connectivity index (χ1n) is 3.80. The Morgan fingerprint density at radius 3 is 2.67 bits per heavy atom. The third-order valence-corrected chi connectivity index (χ3v) is 2.42. The van der Waals surface area contributed by atoms with Crippen molar-refractivity contribution in [1.82, 2.24) is 0 Å². The molecule has 12 heavy (non-hydrogen) atoms. The molecule has 2 atom stereocenters. The van der Waals surface area contributed by atoms with Gasteiger partial charge in [-0.25, -0.2) is 0 Å². The number of halogens is 1. The molecule has 0 amide bonds. The van der Waals surface area contributed by atoms with Gasteiger partial charge in [0.05, 0.1) is 6.21 Å². The lowest BCUT2D eigenvalue weighted by atomic mass is 9.94. The van der Waals surface area contributed by atoms with E-state index in [9.17, 15) is 0 Å². The van der Waals surface area contributed by atoms with Gasteiger partial charge < -0.3 is 11.5 Å². The summed E-state index contributed by atoms with van der Waals surface area (Å²) in [6.07, 6.45) is 1.14. The molecule has 0 saturated carbocycles. The smallest absolute Gasteiger partial charge is 0.147 e. The molecule has 0 aromatic carbocycles. The van der Waals surface area contributed by atoms with Gasteiger partial charge in [0.25, 0.3) is 0 Å². The molecule has 4 N–H and O–H groups in total. The Morgan fingerprint density at radius 1 is 1.67 bits per heavy atom. The Labute approximate surface area is 80.3 Å². The predicted octanol–water partition coefficient (Wildman–Crippen LogP) is 0.460. The molecule has 1 aliphatic rings. The number of nitrogens with zero attached hydrogens (tertiary/aromatic N) is 2. The van der Waals surface area contributed by atoms with Crippen LogP contribution in [0.3, 0.4) is 0 Å². The van der Waals surface area contributed by atoms with E-state index in [1.165, 1.54) is 0 Å². The molecule has 0 fully saturated rings. The van der Waals surface area contributed by atoms with Crippen molar-refractivity contribution in [3.63, 3.8) is 0 Å². The highest BCUT2D eigenvalue weighted by Gasteiger charge is 2.37. The zero-order chi connectivity index (χ0) is 9.35. The lowest BCUT2D eigenvalue weighted by Crippen LogP contribution is -2.58. The van der Waals surface area contributed by atoms with Gasteiger partial charge in [-0.05, 0) is 21.8 Å². The van der Waals surface area contributed by atoms with Gasteiger partial charge in [-0.15, -0.1) is 0 Å². The van der Waals surface area contributed by atoms with E-state index in [-0.39, 0.29) is 5.92 Å². The van der Waals surface area contributed by atoms with Crippen molar-refractivity contribution < 1.29 is 0 Å². The van der Waals surface area contributed by atoms with E-state index in [4.69, 9.17) is 11.5 Å². The molecule has 2 unspecified atom stereocenters. The third-order valence-electron chi connectivity index (χ3n) is 2.04. The van der Waals surface area contributed by atoms with Gasteiger partial charge in [0, 0.05) is 0 Å². The normalized spacial score (nSPS) is 35.5. The molecule has 0 aromatic heterocycles. The van der Waals surface area contributed by atoms with Crippen LogP contribution in [0, 0.1) is 5.92 Å². The molecule has 1 rings (SSSR count). The first-order chi connectivity index (χ1) is 5.47. The molecule has 1 heterocycles. The average Bonchev–Trinajstić information content (AvgIpc) is 1.97. The molecule has 68 valence electrons. The zero-order valence-electron chi connectivity index (χ0n) is 7.16. The zero-order valence-corrected chi connectivity index (χ0v) is 8.75. The number of rotatable bonds is 1. The number of hydrogen-bond donors (Lipinski definition) is 2. The van der Waals surface area contributed by atoms with Crippen molar-refractivity contribution in [2.24, 2.45) is 27.4 Å². The summed E-state index contributed by atoms with van der Waals surface area (Å²) in [6.45, 7) is 3.95. The first kappa shape index (κ1) is 9.83. The van der Waals surface area contributed by atoms with Crippen molar-refractivity contribution in [2.75, 3.05) is 0 Å². The van der Waals surface area contributed by atoms with Crippen LogP contribution in [-0.2, 0) is 0 Å². The molecule has 0 bridgehead atoms. The van der Waals surface area contributed by atoms with Gasteiger partial charge in [-0.3, -0.25) is 9.98 Å². The first-order valence-corrected chi connectivity index (χ1v) is 4.59. The topological polar surface area (TPSA) is 76.8 Å². The minimum absolute atomic E-state index is 0.164. The number of aliphatic imine (C=N–C) groups is 2. The fourth-order valence-electron chi connectivity index (χ4n) is 1.01. The van der Waals surface area contributed by atoms with Gasteiger partial charge in [0.1, 0.15) is 16.4 Å². The largest absolute Gasteiger partial charge is 0.307 e. The Hall–Kier alpha value is -0.260. The second kappa shape index (κ2) is 3.24. The summed E-state index contributed by atoms with van der Waals surface area (Å²) in [6, 6.07) is 0. The lowest BCUT2D eigenvalue weighted by molar-refractivity contribution is 0.269. The highest BCUT2D eigenvalue weighted by molar-refractivity contribution is 9.19. The van der Waals surface area contributed by atoms with Crippen LogP contribution in [0.25, 0.3) is 0 Å². The van der Waals surface area contributed by atoms with Crippen LogP contribution in [0.15, 0.2) is 9.98 Å². The molecule has 0 saturated heterocycles. The maximum atomic E-state index is 5.98. The van der Waals surface area contributed by atoms with Crippen LogP contribution in [-0.4, -0.2) is 22.7 Å². The standard InChI is InChI=1S/C7H13BrN4/c1-4(2)7(10)6(9)11-3-5(8)12-7/h3-4,6H,9-10H2,1-2H3. The average molecular weight is 233 g/mol. The third kappa shape index (κ3) is 1.57. The van der Waals surface area contributed by atoms with Crippen molar-refractivity contribution >= 4 is 26.8 Å². The summed E-state index contributed by atoms with van der Waals surface area (Å²) in [7, 11) is 0. The molecule has 0 radical (unpaired) electrons. The summed E-state index contributed by atoms with van der Waals surface area (Å²) >= 11 is 3.22. The Morgan fingerprint density at radius 2 is 2.25 bits per heavy atom. The monoisotopic (exact) mass is 232 g/mol. The summed E-state index contributed by atoms with van der Waals surface area (Å²) in [5.74, 6) is 0.164. The van der Waals surface area contributed by atoms with E-state index in [1.54, 1.807) is 6.21 Å². The maximum absolute atomic E-state index is 5.98. The fourth-order valence-corrected chi connectivity index (χ4v) is 1.44. The van der Waals surface area contributed by atoms with E-state index in [0.29, 0.717) is 4.62 Å². The molecular weight excluding hydrogens is 220 g/mol.